The molecule has 110 valence electrons. The van der Waals surface area contributed by atoms with Crippen molar-refractivity contribution in [1.29, 1.82) is 0 Å². The number of aromatic amines is 1. The van der Waals surface area contributed by atoms with Crippen molar-refractivity contribution in [1.82, 2.24) is 20.5 Å². The first kappa shape index (κ1) is 14.7. The van der Waals surface area contributed by atoms with Crippen LogP contribution in [0.15, 0.2) is 29.1 Å². The molecule has 1 unspecified atom stereocenters. The summed E-state index contributed by atoms with van der Waals surface area (Å²) in [5, 5.41) is 19.8. The van der Waals surface area contributed by atoms with E-state index in [2.05, 4.69) is 20.5 Å². The molecule has 1 heterocycles. The van der Waals surface area contributed by atoms with Crippen LogP contribution < -0.4 is 10.9 Å². The topological polar surface area (TPSA) is 108 Å². The van der Waals surface area contributed by atoms with Gasteiger partial charge in [-0.05, 0) is 30.7 Å². The third-order valence-corrected chi connectivity index (χ3v) is 2.98. The normalized spacial score (nSPS) is 11.9. The number of phenols is 1. The second-order valence-electron chi connectivity index (χ2n) is 4.60. The molecule has 2 aromatic rings. The number of hydrogen-bond donors (Lipinski definition) is 3. The Morgan fingerprint density at radius 3 is 2.52 bits per heavy atom. The summed E-state index contributed by atoms with van der Waals surface area (Å²) in [7, 11) is 0. The highest BCUT2D eigenvalue weighted by atomic mass is 16.3. The Balaban J connectivity index is 2.34. The first-order chi connectivity index (χ1) is 10.0. The maximum absolute atomic E-state index is 12.1. The molecule has 0 fully saturated rings. The van der Waals surface area contributed by atoms with Crippen LogP contribution in [-0.2, 0) is 4.79 Å². The van der Waals surface area contributed by atoms with Gasteiger partial charge in [-0.2, -0.15) is 0 Å². The second kappa shape index (κ2) is 6.17. The lowest BCUT2D eigenvalue weighted by atomic mass is 10.1. The lowest BCUT2D eigenvalue weighted by Crippen LogP contribution is -2.32. The minimum atomic E-state index is -0.465. The average Bonchev–Trinajstić information content (AvgIpc) is 2.45. The third-order valence-electron chi connectivity index (χ3n) is 2.98. The van der Waals surface area contributed by atoms with Crippen molar-refractivity contribution >= 4 is 5.91 Å². The lowest BCUT2D eigenvalue weighted by molar-refractivity contribution is -0.119. The summed E-state index contributed by atoms with van der Waals surface area (Å²) in [5.74, 6) is 0.203. The number of nitrogens with zero attached hydrogens (tertiary/aromatic N) is 2. The quantitative estimate of drug-likeness (QED) is 0.781. The summed E-state index contributed by atoms with van der Waals surface area (Å²) in [6.45, 7) is 3.23. The number of rotatable bonds is 4. The van der Waals surface area contributed by atoms with E-state index in [1.165, 1.54) is 19.1 Å². The maximum atomic E-state index is 12.1. The van der Waals surface area contributed by atoms with Gasteiger partial charge in [0, 0.05) is 12.5 Å². The second-order valence-corrected chi connectivity index (χ2v) is 4.60. The summed E-state index contributed by atoms with van der Waals surface area (Å²) >= 11 is 0. The van der Waals surface area contributed by atoms with Gasteiger partial charge in [-0.1, -0.05) is 6.92 Å². The number of phenolic OH excluding ortho intramolecular Hbond substituents is 1. The van der Waals surface area contributed by atoms with E-state index in [4.69, 9.17) is 0 Å². The molecule has 1 atom stereocenters. The molecule has 2 rings (SSSR count). The van der Waals surface area contributed by atoms with Crippen LogP contribution in [0.5, 0.6) is 5.75 Å². The highest BCUT2D eigenvalue weighted by Gasteiger charge is 2.17. The molecule has 1 aromatic carbocycles. The van der Waals surface area contributed by atoms with Gasteiger partial charge in [-0.15, -0.1) is 10.2 Å². The van der Waals surface area contributed by atoms with Crippen LogP contribution in [0.2, 0.25) is 0 Å². The zero-order valence-corrected chi connectivity index (χ0v) is 11.8. The molecule has 0 aliphatic carbocycles. The number of nitrogens with one attached hydrogen (secondary N) is 2. The van der Waals surface area contributed by atoms with Crippen LogP contribution in [0.25, 0.3) is 11.4 Å². The minimum absolute atomic E-state index is 0.127. The molecule has 1 aromatic heterocycles. The standard InChI is InChI=1S/C14H16N4O3/c1-3-11(15-8(2)19)12-14(21)16-13(18-17-12)9-4-6-10(20)7-5-9/h4-7,11,20H,3H2,1-2H3,(H,15,19)(H,16,18,21). The average molecular weight is 288 g/mol. The Bertz CT molecular complexity index is 694. The van der Waals surface area contributed by atoms with Crippen molar-refractivity contribution in [2.45, 2.75) is 26.3 Å². The first-order valence-corrected chi connectivity index (χ1v) is 6.54. The summed E-state index contributed by atoms with van der Waals surface area (Å²) in [6.07, 6.45) is 0.538. The van der Waals surface area contributed by atoms with Crippen LogP contribution in [0, 0.1) is 0 Å². The van der Waals surface area contributed by atoms with Gasteiger partial charge < -0.3 is 15.4 Å². The maximum Gasteiger partial charge on any atom is 0.275 e. The van der Waals surface area contributed by atoms with Crippen LogP contribution in [-0.4, -0.2) is 26.2 Å². The molecule has 0 spiro atoms. The molecule has 0 aliphatic rings. The number of carbonyl (C=O) groups is 1. The number of aromatic hydroxyl groups is 1. The summed E-state index contributed by atoms with van der Waals surface area (Å²) in [6, 6.07) is 5.78. The number of carbonyl (C=O) groups excluding carboxylic acids is 1. The van der Waals surface area contributed by atoms with E-state index in [1.807, 2.05) is 6.92 Å². The third kappa shape index (κ3) is 3.44. The lowest BCUT2D eigenvalue weighted by Gasteiger charge is -2.13. The Morgan fingerprint density at radius 2 is 2.00 bits per heavy atom. The van der Waals surface area contributed by atoms with Crippen LogP contribution in [0.3, 0.4) is 0 Å². The largest absolute Gasteiger partial charge is 0.508 e. The van der Waals surface area contributed by atoms with E-state index in [1.54, 1.807) is 12.1 Å². The number of hydrogen-bond acceptors (Lipinski definition) is 5. The van der Waals surface area contributed by atoms with Crippen LogP contribution in [0.1, 0.15) is 32.0 Å². The van der Waals surface area contributed by atoms with Gasteiger partial charge in [-0.25, -0.2) is 0 Å². The van der Waals surface area contributed by atoms with Gasteiger partial charge >= 0.3 is 0 Å². The molecule has 0 saturated heterocycles. The number of benzene rings is 1. The fraction of sp³-hybridized carbons (Fsp3) is 0.286. The van der Waals surface area contributed by atoms with Crippen molar-refractivity contribution in [2.24, 2.45) is 0 Å². The van der Waals surface area contributed by atoms with Crippen molar-refractivity contribution < 1.29 is 9.90 Å². The monoisotopic (exact) mass is 288 g/mol. The van der Waals surface area contributed by atoms with E-state index in [-0.39, 0.29) is 17.4 Å². The summed E-state index contributed by atoms with van der Waals surface area (Å²) in [5.41, 5.74) is 0.417. The zero-order chi connectivity index (χ0) is 15.4. The molecule has 1 amide bonds. The fourth-order valence-corrected chi connectivity index (χ4v) is 1.93. The molecule has 3 N–H and O–H groups in total. The van der Waals surface area contributed by atoms with E-state index in [0.29, 0.717) is 17.8 Å². The molecule has 0 saturated carbocycles. The molecule has 21 heavy (non-hydrogen) atoms. The Morgan fingerprint density at radius 1 is 1.33 bits per heavy atom. The molecule has 0 bridgehead atoms. The summed E-state index contributed by atoms with van der Waals surface area (Å²) in [4.78, 5) is 25.9. The molecule has 0 aliphatic heterocycles. The Kier molecular flexibility index (Phi) is 4.32. The smallest absolute Gasteiger partial charge is 0.275 e. The van der Waals surface area contributed by atoms with Gasteiger partial charge in [0.05, 0.1) is 6.04 Å². The van der Waals surface area contributed by atoms with Crippen molar-refractivity contribution in [3.05, 3.63) is 40.3 Å². The van der Waals surface area contributed by atoms with E-state index in [9.17, 15) is 14.7 Å². The van der Waals surface area contributed by atoms with Gasteiger partial charge in [0.25, 0.3) is 5.56 Å². The molecule has 7 heteroatoms. The predicted octanol–water partition coefficient (Wildman–Crippen LogP) is 1.12. The highest BCUT2D eigenvalue weighted by molar-refractivity contribution is 5.73. The first-order valence-electron chi connectivity index (χ1n) is 6.54. The van der Waals surface area contributed by atoms with Crippen molar-refractivity contribution in [3.8, 4) is 17.1 Å². The SMILES string of the molecule is CCC(NC(C)=O)c1nnc(-c2ccc(O)cc2)[nH]c1=O. The molecule has 7 nitrogen and oxygen atoms in total. The van der Waals surface area contributed by atoms with E-state index in [0.717, 1.165) is 0 Å². The Hall–Kier alpha value is -2.70. The zero-order valence-electron chi connectivity index (χ0n) is 11.8. The van der Waals surface area contributed by atoms with Gasteiger partial charge in [0.1, 0.15) is 5.75 Å². The van der Waals surface area contributed by atoms with Gasteiger partial charge in [-0.3, -0.25) is 9.59 Å². The van der Waals surface area contributed by atoms with Crippen LogP contribution in [0.4, 0.5) is 0 Å². The van der Waals surface area contributed by atoms with Gasteiger partial charge in [0.15, 0.2) is 11.5 Å². The van der Waals surface area contributed by atoms with Crippen molar-refractivity contribution in [2.75, 3.05) is 0 Å². The van der Waals surface area contributed by atoms with E-state index >= 15 is 0 Å². The molecular formula is C14H16N4O3. The molecular weight excluding hydrogens is 272 g/mol. The number of aromatic nitrogens is 3. The number of amides is 1. The predicted molar refractivity (Wildman–Crippen MR) is 76.6 cm³/mol. The van der Waals surface area contributed by atoms with E-state index < -0.39 is 11.6 Å². The van der Waals surface area contributed by atoms with Crippen LogP contribution >= 0.6 is 0 Å². The Labute approximate surface area is 121 Å². The highest BCUT2D eigenvalue weighted by Crippen LogP contribution is 2.17. The van der Waals surface area contributed by atoms with Crippen molar-refractivity contribution in [3.63, 3.8) is 0 Å². The molecule has 0 radical (unpaired) electrons. The fourth-order valence-electron chi connectivity index (χ4n) is 1.93. The number of H-pyrrole nitrogens is 1. The minimum Gasteiger partial charge on any atom is -0.508 e. The summed E-state index contributed by atoms with van der Waals surface area (Å²) < 4.78 is 0. The van der Waals surface area contributed by atoms with Gasteiger partial charge in [0.2, 0.25) is 5.91 Å².